The number of allylic oxidation sites excluding steroid dienone is 4. The quantitative estimate of drug-likeness (QED) is 0.545. The highest BCUT2D eigenvalue weighted by atomic mass is 32.1. The first-order chi connectivity index (χ1) is 7.29. The molecule has 0 aliphatic heterocycles. The molecule has 1 aliphatic rings. The smallest absolute Gasteiger partial charge is 0.398 e. The monoisotopic (exact) mass is 257 g/mol. The molecule has 90 valence electrons. The molecule has 0 spiro atoms. The van der Waals surface area contributed by atoms with Gasteiger partial charge >= 0.3 is 6.18 Å². The number of hydrogen-bond donors (Lipinski definition) is 2. The van der Waals surface area contributed by atoms with Crippen molar-refractivity contribution in [1.29, 1.82) is 0 Å². The Morgan fingerprint density at radius 2 is 1.75 bits per heavy atom. The Balaban J connectivity index is 3.24. The third-order valence-electron chi connectivity index (χ3n) is 2.18. The van der Waals surface area contributed by atoms with Crippen LogP contribution in [0.3, 0.4) is 0 Å². The second-order valence-electron chi connectivity index (χ2n) is 3.17. The van der Waals surface area contributed by atoms with Gasteiger partial charge in [0.2, 0.25) is 0 Å². The van der Waals surface area contributed by atoms with Gasteiger partial charge in [-0.2, -0.15) is 13.2 Å². The van der Waals surface area contributed by atoms with Gasteiger partial charge in [0, 0.05) is 11.3 Å². The number of halogens is 5. The number of rotatable bonds is 1. The van der Waals surface area contributed by atoms with E-state index in [2.05, 4.69) is 12.6 Å². The van der Waals surface area contributed by atoms with Crippen LogP contribution < -0.4 is 5.73 Å². The third kappa shape index (κ3) is 2.40. The van der Waals surface area contributed by atoms with E-state index in [1.54, 1.807) is 0 Å². The summed E-state index contributed by atoms with van der Waals surface area (Å²) in [5.41, 5.74) is 3.34. The Hall–Kier alpha value is -0.980. The van der Waals surface area contributed by atoms with E-state index < -0.39 is 29.8 Å². The highest BCUT2D eigenvalue weighted by Crippen LogP contribution is 2.41. The van der Waals surface area contributed by atoms with Gasteiger partial charge in [-0.15, -0.1) is 12.6 Å². The summed E-state index contributed by atoms with van der Waals surface area (Å²) in [4.78, 5) is 0. The van der Waals surface area contributed by atoms with Crippen molar-refractivity contribution in [3.8, 4) is 0 Å². The number of hydrogen-bond acceptors (Lipinski definition) is 2. The maximum Gasteiger partial charge on any atom is 0.415 e. The Bertz CT molecular complexity index is 391. The van der Waals surface area contributed by atoms with E-state index in [0.29, 0.717) is 0 Å². The normalized spacial score (nSPS) is 19.5. The third-order valence-corrected chi connectivity index (χ3v) is 2.46. The minimum absolute atomic E-state index is 0.169. The van der Waals surface area contributed by atoms with E-state index in [1.165, 1.54) is 0 Å². The van der Waals surface area contributed by atoms with Crippen molar-refractivity contribution >= 4 is 12.6 Å². The number of nitrogens with two attached hydrogens (primary N) is 1. The van der Waals surface area contributed by atoms with Crippen LogP contribution in [0.1, 0.15) is 12.8 Å². The van der Waals surface area contributed by atoms with Crippen molar-refractivity contribution in [2.75, 3.05) is 0 Å². The largest absolute Gasteiger partial charge is 0.415 e. The Morgan fingerprint density at radius 1 is 1.19 bits per heavy atom. The molecule has 0 fully saturated rings. The van der Waals surface area contributed by atoms with Crippen LogP contribution in [0, 0.1) is 0 Å². The predicted octanol–water partition coefficient (Wildman–Crippen LogP) is 3.52. The maximum absolute atomic E-state index is 13.3. The molecular weight excluding hydrogens is 249 g/mol. The lowest BCUT2D eigenvalue weighted by Gasteiger charge is -2.19. The summed E-state index contributed by atoms with van der Waals surface area (Å²) in [6.07, 6.45) is -5.77. The minimum atomic E-state index is -4.85. The van der Waals surface area contributed by atoms with Crippen molar-refractivity contribution < 1.29 is 22.0 Å². The molecular formula is C9H8F5NS. The molecule has 0 aromatic heterocycles. The second kappa shape index (κ2) is 4.48. The van der Waals surface area contributed by atoms with Gasteiger partial charge in [0.1, 0.15) is 0 Å². The first kappa shape index (κ1) is 13.1. The lowest BCUT2D eigenvalue weighted by molar-refractivity contribution is -0.0962. The topological polar surface area (TPSA) is 26.0 Å². The molecule has 7 heteroatoms. The van der Waals surface area contributed by atoms with E-state index in [4.69, 9.17) is 5.73 Å². The number of alkyl halides is 3. The van der Waals surface area contributed by atoms with Gasteiger partial charge in [0.15, 0.2) is 11.7 Å². The van der Waals surface area contributed by atoms with Crippen molar-refractivity contribution in [2.45, 2.75) is 19.0 Å². The van der Waals surface area contributed by atoms with Gasteiger partial charge in [0.05, 0.1) is 5.57 Å². The van der Waals surface area contributed by atoms with Crippen LogP contribution in [0.5, 0.6) is 0 Å². The zero-order valence-electron chi connectivity index (χ0n) is 7.91. The molecule has 0 atom stereocenters. The highest BCUT2D eigenvalue weighted by molar-refractivity contribution is 7.83. The summed E-state index contributed by atoms with van der Waals surface area (Å²) in [5.74, 6) is -3.44. The SMILES string of the molecule is N/C(=C\S)C1=C(F)C(F)=C(C(F)(F)F)CC1. The molecule has 0 aromatic rings. The van der Waals surface area contributed by atoms with Crippen LogP contribution in [0.2, 0.25) is 0 Å². The maximum atomic E-state index is 13.3. The molecule has 0 saturated carbocycles. The van der Waals surface area contributed by atoms with Crippen LogP contribution in [0.4, 0.5) is 22.0 Å². The summed E-state index contributed by atoms with van der Waals surface area (Å²) < 4.78 is 63.0. The van der Waals surface area contributed by atoms with Crippen LogP contribution >= 0.6 is 12.6 Å². The van der Waals surface area contributed by atoms with Gasteiger partial charge in [-0.25, -0.2) is 8.78 Å². The predicted molar refractivity (Wildman–Crippen MR) is 52.8 cm³/mol. The molecule has 0 heterocycles. The summed E-state index contributed by atoms with van der Waals surface area (Å²) in [6.45, 7) is 0. The summed E-state index contributed by atoms with van der Waals surface area (Å²) >= 11 is 3.63. The van der Waals surface area contributed by atoms with Crippen molar-refractivity contribution in [3.63, 3.8) is 0 Å². The second-order valence-corrected chi connectivity index (χ2v) is 3.43. The fourth-order valence-corrected chi connectivity index (χ4v) is 1.51. The van der Waals surface area contributed by atoms with Gasteiger partial charge in [-0.05, 0) is 18.2 Å². The molecule has 0 aromatic carbocycles. The average Bonchev–Trinajstić information content (AvgIpc) is 2.19. The first-order valence-corrected chi connectivity index (χ1v) is 4.75. The fraction of sp³-hybridized carbons (Fsp3) is 0.333. The molecule has 1 nitrogen and oxygen atoms in total. The van der Waals surface area contributed by atoms with E-state index in [-0.39, 0.29) is 17.7 Å². The Labute approximate surface area is 93.9 Å². The standard InChI is InChI=1S/C9H8F5NS/c10-7-4(6(15)3-16)1-2-5(8(7)11)9(12,13)14/h3,16H,1-2,15H2/b6-3-. The van der Waals surface area contributed by atoms with Gasteiger partial charge in [-0.3, -0.25) is 0 Å². The molecule has 1 aliphatic carbocycles. The molecule has 0 radical (unpaired) electrons. The molecule has 0 bridgehead atoms. The zero-order chi connectivity index (χ0) is 12.5. The van der Waals surface area contributed by atoms with Crippen LogP contribution in [0.15, 0.2) is 33.9 Å². The van der Waals surface area contributed by atoms with E-state index in [9.17, 15) is 22.0 Å². The summed E-state index contributed by atoms with van der Waals surface area (Å²) in [5, 5.41) is 1.01. The summed E-state index contributed by atoms with van der Waals surface area (Å²) in [7, 11) is 0. The van der Waals surface area contributed by atoms with E-state index in [1.807, 2.05) is 0 Å². The summed E-state index contributed by atoms with van der Waals surface area (Å²) in [6, 6.07) is 0. The molecule has 2 N–H and O–H groups in total. The first-order valence-electron chi connectivity index (χ1n) is 4.24. The van der Waals surface area contributed by atoms with Crippen LogP contribution in [-0.4, -0.2) is 6.18 Å². The molecule has 1 rings (SSSR count). The van der Waals surface area contributed by atoms with Gasteiger partial charge in [0.25, 0.3) is 0 Å². The molecule has 16 heavy (non-hydrogen) atoms. The van der Waals surface area contributed by atoms with Crippen LogP contribution in [-0.2, 0) is 0 Å². The van der Waals surface area contributed by atoms with Gasteiger partial charge < -0.3 is 5.73 Å². The van der Waals surface area contributed by atoms with Crippen molar-refractivity contribution in [3.05, 3.63) is 33.9 Å². The van der Waals surface area contributed by atoms with Crippen molar-refractivity contribution in [1.82, 2.24) is 0 Å². The van der Waals surface area contributed by atoms with E-state index >= 15 is 0 Å². The van der Waals surface area contributed by atoms with E-state index in [0.717, 1.165) is 5.41 Å². The van der Waals surface area contributed by atoms with Crippen LogP contribution in [0.25, 0.3) is 0 Å². The molecule has 0 unspecified atom stereocenters. The lowest BCUT2D eigenvalue weighted by Crippen LogP contribution is -2.18. The lowest BCUT2D eigenvalue weighted by atomic mass is 9.95. The fourth-order valence-electron chi connectivity index (χ4n) is 1.35. The zero-order valence-corrected chi connectivity index (χ0v) is 8.80. The van der Waals surface area contributed by atoms with Gasteiger partial charge in [-0.1, -0.05) is 0 Å². The number of thiol groups is 1. The van der Waals surface area contributed by atoms with Crippen molar-refractivity contribution in [2.24, 2.45) is 5.73 Å². The average molecular weight is 257 g/mol. The minimum Gasteiger partial charge on any atom is -0.398 e. The Kier molecular flexibility index (Phi) is 3.67. The highest BCUT2D eigenvalue weighted by Gasteiger charge is 2.40. The molecule has 0 saturated heterocycles. The molecule has 0 amide bonds. The Morgan fingerprint density at radius 3 is 2.19 bits per heavy atom.